The van der Waals surface area contributed by atoms with Crippen molar-refractivity contribution in [3.63, 3.8) is 0 Å². The van der Waals surface area contributed by atoms with E-state index in [0.717, 1.165) is 9.13 Å². The molecule has 19 heavy (non-hydrogen) atoms. The van der Waals surface area contributed by atoms with Crippen LogP contribution in [0.25, 0.3) is 11.1 Å². The van der Waals surface area contributed by atoms with Crippen LogP contribution >= 0.6 is 34.2 Å². The van der Waals surface area contributed by atoms with Crippen LogP contribution in [0.3, 0.4) is 0 Å². The number of rotatable bonds is 2. The Morgan fingerprint density at radius 3 is 2.63 bits per heavy atom. The van der Waals surface area contributed by atoms with Crippen molar-refractivity contribution in [1.29, 1.82) is 0 Å². The van der Waals surface area contributed by atoms with E-state index in [1.54, 1.807) is 18.2 Å². The minimum absolute atomic E-state index is 0.304. The van der Waals surface area contributed by atoms with Gasteiger partial charge in [0.1, 0.15) is 5.82 Å². The van der Waals surface area contributed by atoms with Gasteiger partial charge in [0.25, 0.3) is 0 Å². The molecule has 0 spiro atoms. The molecule has 0 N–H and O–H groups in total. The molecule has 0 aliphatic rings. The molecule has 0 aromatic heterocycles. The van der Waals surface area contributed by atoms with Crippen molar-refractivity contribution >= 4 is 40.2 Å². The summed E-state index contributed by atoms with van der Waals surface area (Å²) < 4.78 is 18.6. The predicted molar refractivity (Wildman–Crippen MR) is 80.9 cm³/mol. The first-order valence-electron chi connectivity index (χ1n) is 5.35. The van der Waals surface area contributed by atoms with Crippen LogP contribution in [0.2, 0.25) is 5.02 Å². The molecule has 2 aromatic rings. The first kappa shape index (κ1) is 14.3. The number of hydrogen-bond acceptors (Lipinski definition) is 2. The molecule has 98 valence electrons. The van der Waals surface area contributed by atoms with Crippen LogP contribution in [0.5, 0.6) is 0 Å². The zero-order valence-electron chi connectivity index (χ0n) is 9.91. The molecule has 2 rings (SSSR count). The van der Waals surface area contributed by atoms with Gasteiger partial charge >= 0.3 is 5.97 Å². The van der Waals surface area contributed by atoms with Gasteiger partial charge in [0.2, 0.25) is 0 Å². The molecule has 5 heteroatoms. The number of carbonyl (C=O) groups excluding carboxylic acids is 1. The Kier molecular flexibility index (Phi) is 4.42. The third kappa shape index (κ3) is 3.25. The molecular weight excluding hydrogens is 382 g/mol. The highest BCUT2D eigenvalue weighted by molar-refractivity contribution is 14.1. The quantitative estimate of drug-likeness (QED) is 0.556. The zero-order valence-corrected chi connectivity index (χ0v) is 12.8. The summed E-state index contributed by atoms with van der Waals surface area (Å²) in [5, 5.41) is 0.304. The van der Waals surface area contributed by atoms with E-state index in [1.165, 1.54) is 19.2 Å². The molecule has 0 saturated heterocycles. The molecule has 0 amide bonds. The molecule has 0 unspecified atom stereocenters. The largest absolute Gasteiger partial charge is 0.465 e. The van der Waals surface area contributed by atoms with Gasteiger partial charge in [0.05, 0.1) is 17.7 Å². The van der Waals surface area contributed by atoms with E-state index in [2.05, 4.69) is 22.6 Å². The van der Waals surface area contributed by atoms with Crippen LogP contribution in [0.4, 0.5) is 4.39 Å². The summed E-state index contributed by atoms with van der Waals surface area (Å²) in [6.07, 6.45) is 0. The van der Waals surface area contributed by atoms with Crippen molar-refractivity contribution in [2.45, 2.75) is 0 Å². The molecule has 0 bridgehead atoms. The lowest BCUT2D eigenvalue weighted by Crippen LogP contribution is -2.01. The van der Waals surface area contributed by atoms with E-state index in [9.17, 15) is 9.18 Å². The Morgan fingerprint density at radius 2 is 2.00 bits per heavy atom. The summed E-state index contributed by atoms with van der Waals surface area (Å²) in [5.41, 5.74) is 1.86. The molecule has 0 saturated carbocycles. The van der Waals surface area contributed by atoms with Crippen LogP contribution in [-0.4, -0.2) is 13.1 Å². The number of methoxy groups -OCH3 is 1. The van der Waals surface area contributed by atoms with E-state index in [0.29, 0.717) is 16.1 Å². The van der Waals surface area contributed by atoms with Crippen LogP contribution in [0.1, 0.15) is 10.4 Å². The fourth-order valence-corrected chi connectivity index (χ4v) is 2.65. The van der Waals surface area contributed by atoms with Gasteiger partial charge in [-0.25, -0.2) is 9.18 Å². The van der Waals surface area contributed by atoms with Crippen molar-refractivity contribution < 1.29 is 13.9 Å². The van der Waals surface area contributed by atoms with Crippen LogP contribution in [0.15, 0.2) is 36.4 Å². The summed E-state index contributed by atoms with van der Waals surface area (Å²) in [7, 11) is 1.33. The highest BCUT2D eigenvalue weighted by Gasteiger charge is 2.11. The molecule has 0 atom stereocenters. The van der Waals surface area contributed by atoms with Crippen molar-refractivity contribution in [1.82, 2.24) is 0 Å². The zero-order chi connectivity index (χ0) is 14.0. The third-order valence-corrected chi connectivity index (χ3v) is 3.50. The average Bonchev–Trinajstić information content (AvgIpc) is 2.37. The summed E-state index contributed by atoms with van der Waals surface area (Å²) in [6.45, 7) is 0. The van der Waals surface area contributed by atoms with E-state index >= 15 is 0 Å². The first-order chi connectivity index (χ1) is 9.01. The summed E-state index contributed by atoms with van der Waals surface area (Å²) in [6, 6.07) is 9.42. The molecule has 2 aromatic carbocycles. The van der Waals surface area contributed by atoms with Gasteiger partial charge in [-0.3, -0.25) is 0 Å². The van der Waals surface area contributed by atoms with E-state index in [-0.39, 0.29) is 0 Å². The number of carbonyl (C=O) groups is 1. The summed E-state index contributed by atoms with van der Waals surface area (Å²) in [5.74, 6) is -0.814. The SMILES string of the molecule is COC(=O)c1cc(I)cc(-c2ccc(F)cc2Cl)c1. The molecule has 2 nitrogen and oxygen atoms in total. The second-order valence-electron chi connectivity index (χ2n) is 3.84. The second kappa shape index (κ2) is 5.88. The molecule has 0 aliphatic heterocycles. The number of esters is 1. The highest BCUT2D eigenvalue weighted by Crippen LogP contribution is 2.30. The Hall–Kier alpha value is -1.14. The van der Waals surface area contributed by atoms with Gasteiger partial charge in [-0.05, 0) is 64.6 Å². The molecular formula is C14H9ClFIO2. The maximum atomic E-state index is 13.0. The van der Waals surface area contributed by atoms with E-state index in [1.807, 2.05) is 6.07 Å². The molecule has 0 fully saturated rings. The number of halogens is 3. The van der Waals surface area contributed by atoms with Gasteiger partial charge in [0, 0.05) is 9.13 Å². The van der Waals surface area contributed by atoms with Gasteiger partial charge in [-0.1, -0.05) is 11.6 Å². The van der Waals surface area contributed by atoms with Gasteiger partial charge in [-0.15, -0.1) is 0 Å². The lowest BCUT2D eigenvalue weighted by molar-refractivity contribution is 0.0600. The number of benzene rings is 2. The topological polar surface area (TPSA) is 26.3 Å². The minimum atomic E-state index is -0.419. The van der Waals surface area contributed by atoms with Crippen LogP contribution in [0, 0.1) is 9.39 Å². The molecule has 0 heterocycles. The van der Waals surface area contributed by atoms with E-state index in [4.69, 9.17) is 16.3 Å². The Morgan fingerprint density at radius 1 is 1.26 bits per heavy atom. The van der Waals surface area contributed by atoms with Crippen molar-refractivity contribution in [3.05, 3.63) is 56.4 Å². The Balaban J connectivity index is 2.56. The standard InChI is InChI=1S/C14H9ClFIO2/c1-19-14(18)9-4-8(5-11(17)6-9)12-3-2-10(16)7-13(12)15/h2-7H,1H3. The lowest BCUT2D eigenvalue weighted by atomic mass is 10.0. The van der Waals surface area contributed by atoms with Crippen LogP contribution in [-0.2, 0) is 4.74 Å². The number of hydrogen-bond donors (Lipinski definition) is 0. The van der Waals surface area contributed by atoms with Gasteiger partial charge in [0.15, 0.2) is 0 Å². The Bertz CT molecular complexity index is 643. The summed E-state index contributed by atoms with van der Waals surface area (Å²) in [4.78, 5) is 11.6. The van der Waals surface area contributed by atoms with E-state index < -0.39 is 11.8 Å². The average molecular weight is 391 g/mol. The van der Waals surface area contributed by atoms with Crippen LogP contribution < -0.4 is 0 Å². The first-order valence-corrected chi connectivity index (χ1v) is 6.81. The lowest BCUT2D eigenvalue weighted by Gasteiger charge is -2.08. The third-order valence-electron chi connectivity index (χ3n) is 2.56. The monoisotopic (exact) mass is 390 g/mol. The second-order valence-corrected chi connectivity index (χ2v) is 5.50. The highest BCUT2D eigenvalue weighted by atomic mass is 127. The molecule has 0 radical (unpaired) electrons. The Labute approximate surface area is 128 Å². The maximum Gasteiger partial charge on any atom is 0.337 e. The fraction of sp³-hybridized carbons (Fsp3) is 0.0714. The van der Waals surface area contributed by atoms with Crippen molar-refractivity contribution in [2.75, 3.05) is 7.11 Å². The normalized spacial score (nSPS) is 10.3. The van der Waals surface area contributed by atoms with Crippen molar-refractivity contribution in [2.24, 2.45) is 0 Å². The fourth-order valence-electron chi connectivity index (χ4n) is 1.70. The molecule has 0 aliphatic carbocycles. The summed E-state index contributed by atoms with van der Waals surface area (Å²) >= 11 is 8.12. The smallest absolute Gasteiger partial charge is 0.337 e. The predicted octanol–water partition coefficient (Wildman–Crippen LogP) is 4.54. The minimum Gasteiger partial charge on any atom is -0.465 e. The van der Waals surface area contributed by atoms with Gasteiger partial charge in [-0.2, -0.15) is 0 Å². The van der Waals surface area contributed by atoms with Crippen molar-refractivity contribution in [3.8, 4) is 11.1 Å². The maximum absolute atomic E-state index is 13.0. The number of ether oxygens (including phenoxy) is 1. The van der Waals surface area contributed by atoms with Gasteiger partial charge < -0.3 is 4.74 Å².